The van der Waals surface area contributed by atoms with Crippen molar-refractivity contribution >= 4 is 12.4 Å². The molecule has 0 saturated carbocycles. The van der Waals surface area contributed by atoms with Gasteiger partial charge in [0.15, 0.2) is 17.6 Å². The number of aldehydes is 1. The second-order valence-corrected chi connectivity index (χ2v) is 4.90. The fourth-order valence-electron chi connectivity index (χ4n) is 1.98. The molecule has 0 aromatic heterocycles. The maximum absolute atomic E-state index is 10.8. The largest absolute Gasteiger partial charge is 0.493 e. The van der Waals surface area contributed by atoms with E-state index in [1.54, 1.807) is 19.2 Å². The van der Waals surface area contributed by atoms with E-state index >= 15 is 0 Å². The van der Waals surface area contributed by atoms with E-state index < -0.39 is 6.09 Å². The van der Waals surface area contributed by atoms with Crippen molar-refractivity contribution in [3.63, 3.8) is 0 Å². The van der Waals surface area contributed by atoms with Crippen LogP contribution in [-0.2, 0) is 4.74 Å². The molecule has 1 atom stereocenters. The molecule has 1 amide bonds. The Labute approximate surface area is 140 Å². The lowest BCUT2D eigenvalue weighted by Crippen LogP contribution is -2.22. The van der Waals surface area contributed by atoms with Crippen LogP contribution >= 0.6 is 0 Å². The molecule has 0 bridgehead atoms. The molecule has 0 radical (unpaired) electrons. The van der Waals surface area contributed by atoms with E-state index in [4.69, 9.17) is 14.2 Å². The topological polar surface area (TPSA) is 73.9 Å². The van der Waals surface area contributed by atoms with Crippen molar-refractivity contribution in [2.75, 3.05) is 20.3 Å². The maximum atomic E-state index is 10.8. The molecule has 1 aliphatic heterocycles. The van der Waals surface area contributed by atoms with Crippen molar-refractivity contribution in [1.82, 2.24) is 5.32 Å². The fraction of sp³-hybridized carbons (Fsp3) is 0.222. The highest BCUT2D eigenvalue weighted by atomic mass is 16.6. The SMILES string of the molecule is COc1ccccc1OCC1CNC(=O)O1.O=Cc1ccccc1. The molecule has 1 fully saturated rings. The van der Waals surface area contributed by atoms with Crippen molar-refractivity contribution < 1.29 is 23.8 Å². The number of carbonyl (C=O) groups is 2. The molecular formula is C18H19NO5. The molecule has 6 nitrogen and oxygen atoms in total. The second-order valence-electron chi connectivity index (χ2n) is 4.90. The molecule has 0 aliphatic carbocycles. The summed E-state index contributed by atoms with van der Waals surface area (Å²) in [5.41, 5.74) is 0.729. The lowest BCUT2D eigenvalue weighted by Gasteiger charge is -2.12. The highest BCUT2D eigenvalue weighted by Crippen LogP contribution is 2.26. The number of carbonyl (C=O) groups excluding carboxylic acids is 2. The molecule has 6 heteroatoms. The first kappa shape index (κ1) is 17.3. The van der Waals surface area contributed by atoms with Gasteiger partial charge >= 0.3 is 6.09 Å². The summed E-state index contributed by atoms with van der Waals surface area (Å²) in [4.78, 5) is 20.8. The van der Waals surface area contributed by atoms with Crippen LogP contribution in [0.1, 0.15) is 10.4 Å². The number of rotatable bonds is 5. The van der Waals surface area contributed by atoms with Gasteiger partial charge in [0.2, 0.25) is 0 Å². The van der Waals surface area contributed by atoms with E-state index in [0.29, 0.717) is 24.7 Å². The summed E-state index contributed by atoms with van der Waals surface area (Å²) in [5, 5.41) is 2.56. The first-order valence-corrected chi connectivity index (χ1v) is 7.43. The summed E-state index contributed by atoms with van der Waals surface area (Å²) in [6, 6.07) is 16.4. The minimum absolute atomic E-state index is 0.239. The number of ether oxygens (including phenoxy) is 3. The van der Waals surface area contributed by atoms with Crippen LogP contribution in [0, 0.1) is 0 Å². The normalized spacial score (nSPS) is 15.4. The third kappa shape index (κ3) is 5.31. The van der Waals surface area contributed by atoms with Crippen molar-refractivity contribution in [3.8, 4) is 11.5 Å². The third-order valence-corrected chi connectivity index (χ3v) is 3.18. The van der Waals surface area contributed by atoms with Crippen LogP contribution in [-0.4, -0.2) is 38.7 Å². The predicted molar refractivity (Wildman–Crippen MR) is 88.6 cm³/mol. The number of cyclic esters (lactones) is 1. The van der Waals surface area contributed by atoms with Gasteiger partial charge in [-0.15, -0.1) is 0 Å². The number of alkyl carbamates (subject to hydrolysis) is 1. The zero-order valence-electron chi connectivity index (χ0n) is 13.3. The third-order valence-electron chi connectivity index (χ3n) is 3.18. The number of nitrogens with one attached hydrogen (secondary N) is 1. The first-order chi connectivity index (χ1) is 11.7. The summed E-state index contributed by atoms with van der Waals surface area (Å²) in [5.74, 6) is 1.31. The van der Waals surface area contributed by atoms with Crippen molar-refractivity contribution in [2.45, 2.75) is 6.10 Å². The second kappa shape index (κ2) is 9.19. The number of benzene rings is 2. The molecule has 2 aromatic carbocycles. The van der Waals surface area contributed by atoms with Crippen molar-refractivity contribution in [1.29, 1.82) is 0 Å². The predicted octanol–water partition coefficient (Wildman–Crippen LogP) is 2.68. The lowest BCUT2D eigenvalue weighted by atomic mass is 10.2. The van der Waals surface area contributed by atoms with Gasteiger partial charge in [0.1, 0.15) is 12.9 Å². The van der Waals surface area contributed by atoms with Crippen LogP contribution in [0.3, 0.4) is 0 Å². The lowest BCUT2D eigenvalue weighted by molar-refractivity contribution is 0.103. The molecule has 0 spiro atoms. The molecule has 1 unspecified atom stereocenters. The minimum atomic E-state index is -0.395. The van der Waals surface area contributed by atoms with Crippen molar-refractivity contribution in [2.24, 2.45) is 0 Å². The standard InChI is InChI=1S/C11H13NO4.C7H6O/c1-14-9-4-2-3-5-10(9)15-7-8-6-12-11(13)16-8;8-6-7-4-2-1-3-5-7/h2-5,8H,6-7H2,1H3,(H,12,13);1-6H. The number of methoxy groups -OCH3 is 1. The summed E-state index contributed by atoms with van der Waals surface area (Å²) >= 11 is 0. The van der Waals surface area contributed by atoms with Gasteiger partial charge in [0.05, 0.1) is 13.7 Å². The van der Waals surface area contributed by atoms with Crippen LogP contribution in [0.2, 0.25) is 0 Å². The summed E-state index contributed by atoms with van der Waals surface area (Å²) in [7, 11) is 1.58. The first-order valence-electron chi connectivity index (χ1n) is 7.43. The van der Waals surface area contributed by atoms with Gasteiger partial charge in [-0.3, -0.25) is 4.79 Å². The molecule has 24 heavy (non-hydrogen) atoms. The van der Waals surface area contributed by atoms with Gasteiger partial charge in [-0.25, -0.2) is 4.79 Å². The Morgan fingerprint density at radius 2 is 1.79 bits per heavy atom. The smallest absolute Gasteiger partial charge is 0.407 e. The van der Waals surface area contributed by atoms with E-state index in [1.807, 2.05) is 42.5 Å². The molecule has 1 aliphatic rings. The molecule has 2 aromatic rings. The van der Waals surface area contributed by atoms with Crippen LogP contribution in [0.4, 0.5) is 4.79 Å². The van der Waals surface area contributed by atoms with Gasteiger partial charge in [-0.05, 0) is 12.1 Å². The average molecular weight is 329 g/mol. The molecule has 3 rings (SSSR count). The monoisotopic (exact) mass is 329 g/mol. The Hall–Kier alpha value is -3.02. The van der Waals surface area contributed by atoms with Crippen LogP contribution in [0.5, 0.6) is 11.5 Å². The minimum Gasteiger partial charge on any atom is -0.493 e. The number of hydrogen-bond acceptors (Lipinski definition) is 5. The Balaban J connectivity index is 0.000000219. The number of hydrogen-bond donors (Lipinski definition) is 1. The van der Waals surface area contributed by atoms with Crippen LogP contribution in [0.15, 0.2) is 54.6 Å². The Morgan fingerprint density at radius 3 is 2.33 bits per heavy atom. The van der Waals surface area contributed by atoms with E-state index in [2.05, 4.69) is 5.32 Å². The molecule has 126 valence electrons. The van der Waals surface area contributed by atoms with Gasteiger partial charge < -0.3 is 19.5 Å². The number of para-hydroxylation sites is 2. The van der Waals surface area contributed by atoms with Gasteiger partial charge in [-0.2, -0.15) is 0 Å². The fourth-order valence-corrected chi connectivity index (χ4v) is 1.98. The van der Waals surface area contributed by atoms with E-state index in [9.17, 15) is 9.59 Å². The van der Waals surface area contributed by atoms with E-state index in [1.165, 1.54) is 0 Å². The number of amides is 1. The van der Waals surface area contributed by atoms with E-state index in [-0.39, 0.29) is 6.10 Å². The summed E-state index contributed by atoms with van der Waals surface area (Å²) < 4.78 is 15.6. The Bertz CT molecular complexity index is 659. The molecule has 1 N–H and O–H groups in total. The van der Waals surface area contributed by atoms with Gasteiger partial charge in [0.25, 0.3) is 0 Å². The zero-order valence-corrected chi connectivity index (χ0v) is 13.3. The Kier molecular flexibility index (Phi) is 6.64. The molecule has 1 saturated heterocycles. The molecule has 1 heterocycles. The highest BCUT2D eigenvalue weighted by Gasteiger charge is 2.23. The van der Waals surface area contributed by atoms with Gasteiger partial charge in [0, 0.05) is 5.56 Å². The summed E-state index contributed by atoms with van der Waals surface area (Å²) in [6.07, 6.45) is 0.200. The van der Waals surface area contributed by atoms with Crippen LogP contribution in [0.25, 0.3) is 0 Å². The summed E-state index contributed by atoms with van der Waals surface area (Å²) in [6.45, 7) is 0.799. The molecular weight excluding hydrogens is 310 g/mol. The van der Waals surface area contributed by atoms with Crippen molar-refractivity contribution in [3.05, 3.63) is 60.2 Å². The zero-order chi connectivity index (χ0) is 17.2. The Morgan fingerprint density at radius 1 is 1.12 bits per heavy atom. The highest BCUT2D eigenvalue weighted by molar-refractivity contribution is 5.74. The van der Waals surface area contributed by atoms with E-state index in [0.717, 1.165) is 11.8 Å². The van der Waals surface area contributed by atoms with Crippen LogP contribution < -0.4 is 14.8 Å². The quantitative estimate of drug-likeness (QED) is 0.854. The maximum Gasteiger partial charge on any atom is 0.407 e. The average Bonchev–Trinajstić information content (AvgIpc) is 3.06. The van der Waals surface area contributed by atoms with Gasteiger partial charge in [-0.1, -0.05) is 42.5 Å².